The number of aromatic hydroxyl groups is 1. The van der Waals surface area contributed by atoms with Gasteiger partial charge in [-0.15, -0.1) is 0 Å². The second-order valence-electron chi connectivity index (χ2n) is 6.17. The molecule has 1 fully saturated rings. The summed E-state index contributed by atoms with van der Waals surface area (Å²) in [5.41, 5.74) is 0.394. The van der Waals surface area contributed by atoms with Crippen molar-refractivity contribution < 1.29 is 14.6 Å². The Kier molecular flexibility index (Phi) is 4.73. The lowest BCUT2D eigenvalue weighted by molar-refractivity contribution is 0.0925. The van der Waals surface area contributed by atoms with Gasteiger partial charge < -0.3 is 20.5 Å². The van der Waals surface area contributed by atoms with Gasteiger partial charge in [0, 0.05) is 12.6 Å². The molecule has 0 radical (unpaired) electrons. The number of phenols is 1. The molecule has 5 nitrogen and oxygen atoms in total. The zero-order valence-corrected chi connectivity index (χ0v) is 12.9. The number of piperidine rings is 1. The highest BCUT2D eigenvalue weighted by molar-refractivity contribution is 5.97. The molecule has 3 N–H and O–H groups in total. The number of nitrogens with one attached hydrogen (secondary N) is 2. The Labute approximate surface area is 125 Å². The van der Waals surface area contributed by atoms with Crippen LogP contribution in [0.4, 0.5) is 0 Å². The molecular formula is C16H24N2O3. The molecule has 1 aliphatic heterocycles. The van der Waals surface area contributed by atoms with Crippen LogP contribution in [0.25, 0.3) is 0 Å². The van der Waals surface area contributed by atoms with E-state index < -0.39 is 0 Å². The van der Waals surface area contributed by atoms with Crippen molar-refractivity contribution in [3.05, 3.63) is 23.8 Å². The molecule has 5 heteroatoms. The van der Waals surface area contributed by atoms with E-state index in [1.807, 2.05) is 0 Å². The zero-order valence-electron chi connectivity index (χ0n) is 12.9. The minimum atomic E-state index is -0.283. The Balaban J connectivity index is 2.02. The van der Waals surface area contributed by atoms with Gasteiger partial charge in [0.1, 0.15) is 0 Å². The molecule has 1 aliphatic rings. The van der Waals surface area contributed by atoms with Crippen molar-refractivity contribution in [2.75, 3.05) is 20.2 Å². The number of methoxy groups -OCH3 is 1. The van der Waals surface area contributed by atoms with Crippen molar-refractivity contribution in [2.24, 2.45) is 5.41 Å². The van der Waals surface area contributed by atoms with Gasteiger partial charge in [-0.2, -0.15) is 0 Å². The van der Waals surface area contributed by atoms with Crippen LogP contribution in [-0.4, -0.2) is 37.3 Å². The highest BCUT2D eigenvalue weighted by Gasteiger charge is 2.32. The number of benzene rings is 1. The van der Waals surface area contributed by atoms with E-state index in [2.05, 4.69) is 24.5 Å². The fourth-order valence-corrected chi connectivity index (χ4v) is 2.78. The van der Waals surface area contributed by atoms with E-state index in [1.54, 1.807) is 18.2 Å². The Bertz CT molecular complexity index is 514. The van der Waals surface area contributed by atoms with E-state index in [4.69, 9.17) is 4.74 Å². The van der Waals surface area contributed by atoms with Crippen LogP contribution in [0.3, 0.4) is 0 Å². The molecule has 116 valence electrons. The van der Waals surface area contributed by atoms with Crippen LogP contribution in [-0.2, 0) is 0 Å². The molecule has 1 amide bonds. The predicted octanol–water partition coefficient (Wildman–Crippen LogP) is 1.91. The van der Waals surface area contributed by atoms with Gasteiger partial charge in [-0.25, -0.2) is 0 Å². The zero-order chi connectivity index (χ0) is 15.5. The summed E-state index contributed by atoms with van der Waals surface area (Å²) in [6.07, 6.45) is 2.30. The predicted molar refractivity (Wildman–Crippen MR) is 81.8 cm³/mol. The van der Waals surface area contributed by atoms with Gasteiger partial charge >= 0.3 is 0 Å². The van der Waals surface area contributed by atoms with Gasteiger partial charge in [-0.1, -0.05) is 19.9 Å². The van der Waals surface area contributed by atoms with Gasteiger partial charge in [-0.05, 0) is 36.9 Å². The van der Waals surface area contributed by atoms with E-state index in [0.717, 1.165) is 19.4 Å². The number of rotatable bonds is 4. The molecular weight excluding hydrogens is 268 g/mol. The Morgan fingerprint density at radius 1 is 1.52 bits per heavy atom. The summed E-state index contributed by atoms with van der Waals surface area (Å²) in [7, 11) is 1.46. The highest BCUT2D eigenvalue weighted by Crippen LogP contribution is 2.31. The lowest BCUT2D eigenvalue weighted by atomic mass is 9.77. The molecule has 1 heterocycles. The summed E-state index contributed by atoms with van der Waals surface area (Å²) in [6, 6.07) is 5.14. The molecule has 1 aromatic carbocycles. The van der Waals surface area contributed by atoms with Crippen molar-refractivity contribution >= 4 is 5.91 Å². The van der Waals surface area contributed by atoms with Gasteiger partial charge in [0.2, 0.25) is 0 Å². The number of hydrogen-bond donors (Lipinski definition) is 3. The summed E-state index contributed by atoms with van der Waals surface area (Å²) in [5.74, 6) is -0.0956. The van der Waals surface area contributed by atoms with E-state index >= 15 is 0 Å². The molecule has 1 atom stereocenters. The molecule has 0 spiro atoms. The average Bonchev–Trinajstić information content (AvgIpc) is 2.45. The Morgan fingerprint density at radius 3 is 2.95 bits per heavy atom. The topological polar surface area (TPSA) is 70.6 Å². The number of carbonyl (C=O) groups is 1. The second kappa shape index (κ2) is 6.35. The third-order valence-corrected chi connectivity index (χ3v) is 4.26. The molecule has 21 heavy (non-hydrogen) atoms. The molecule has 0 aromatic heterocycles. The third kappa shape index (κ3) is 3.47. The van der Waals surface area contributed by atoms with E-state index in [9.17, 15) is 9.90 Å². The SMILES string of the molecule is COc1cccc(C(=O)NCC2NCCCC2(C)C)c1O. The maximum Gasteiger partial charge on any atom is 0.255 e. The largest absolute Gasteiger partial charge is 0.504 e. The van der Waals surface area contributed by atoms with Crippen LogP contribution in [0.15, 0.2) is 18.2 Å². The first-order valence-electron chi connectivity index (χ1n) is 7.33. The van der Waals surface area contributed by atoms with Crippen molar-refractivity contribution in [1.82, 2.24) is 10.6 Å². The lowest BCUT2D eigenvalue weighted by Gasteiger charge is -2.39. The van der Waals surface area contributed by atoms with Crippen LogP contribution in [0.1, 0.15) is 37.0 Å². The normalized spacial score (nSPS) is 20.8. The fraction of sp³-hybridized carbons (Fsp3) is 0.562. The minimum Gasteiger partial charge on any atom is -0.504 e. The van der Waals surface area contributed by atoms with Crippen molar-refractivity contribution in [3.63, 3.8) is 0 Å². The van der Waals surface area contributed by atoms with E-state index in [0.29, 0.717) is 12.3 Å². The van der Waals surface area contributed by atoms with Crippen LogP contribution in [0.2, 0.25) is 0 Å². The standard InChI is InChI=1S/C16H24N2O3/c1-16(2)8-5-9-17-13(16)10-18-15(20)11-6-4-7-12(21-3)14(11)19/h4,6-7,13,17,19H,5,8-10H2,1-3H3,(H,18,20). The first-order chi connectivity index (χ1) is 9.95. The third-order valence-electron chi connectivity index (χ3n) is 4.26. The van der Waals surface area contributed by atoms with Crippen LogP contribution in [0, 0.1) is 5.41 Å². The Hall–Kier alpha value is -1.75. The van der Waals surface area contributed by atoms with E-state index in [-0.39, 0.29) is 28.7 Å². The van der Waals surface area contributed by atoms with Crippen molar-refractivity contribution in [3.8, 4) is 11.5 Å². The van der Waals surface area contributed by atoms with Crippen LogP contribution >= 0.6 is 0 Å². The second-order valence-corrected chi connectivity index (χ2v) is 6.17. The van der Waals surface area contributed by atoms with Crippen molar-refractivity contribution in [1.29, 1.82) is 0 Å². The summed E-state index contributed by atoms with van der Waals surface area (Å²) in [5, 5.41) is 16.3. The maximum absolute atomic E-state index is 12.2. The number of ether oxygens (including phenoxy) is 1. The summed E-state index contributed by atoms with van der Waals surface area (Å²) in [4.78, 5) is 12.2. The lowest BCUT2D eigenvalue weighted by Crippen LogP contribution is -2.52. The maximum atomic E-state index is 12.2. The van der Waals surface area contributed by atoms with Gasteiger partial charge in [-0.3, -0.25) is 4.79 Å². The number of hydrogen-bond acceptors (Lipinski definition) is 4. The van der Waals surface area contributed by atoms with Gasteiger partial charge in [0.15, 0.2) is 11.5 Å². The molecule has 0 bridgehead atoms. The average molecular weight is 292 g/mol. The molecule has 2 rings (SSSR count). The minimum absolute atomic E-state index is 0.117. The number of para-hydroxylation sites is 1. The molecule has 1 saturated heterocycles. The molecule has 0 saturated carbocycles. The van der Waals surface area contributed by atoms with E-state index in [1.165, 1.54) is 7.11 Å². The first-order valence-corrected chi connectivity index (χ1v) is 7.33. The highest BCUT2D eigenvalue weighted by atomic mass is 16.5. The van der Waals surface area contributed by atoms with Gasteiger partial charge in [0.25, 0.3) is 5.91 Å². The Morgan fingerprint density at radius 2 is 2.29 bits per heavy atom. The number of amides is 1. The molecule has 0 aliphatic carbocycles. The summed E-state index contributed by atoms with van der Waals surface area (Å²) >= 11 is 0. The van der Waals surface area contributed by atoms with Gasteiger partial charge in [0.05, 0.1) is 12.7 Å². The molecule has 1 unspecified atom stereocenters. The number of phenolic OH excluding ortho intramolecular Hbond substituents is 1. The summed E-state index contributed by atoms with van der Waals surface area (Å²) < 4.78 is 5.02. The van der Waals surface area contributed by atoms with Crippen LogP contribution in [0.5, 0.6) is 11.5 Å². The summed E-state index contributed by atoms with van der Waals surface area (Å²) in [6.45, 7) is 5.94. The number of carbonyl (C=O) groups excluding carboxylic acids is 1. The monoisotopic (exact) mass is 292 g/mol. The first kappa shape index (κ1) is 15.6. The fourth-order valence-electron chi connectivity index (χ4n) is 2.78. The quantitative estimate of drug-likeness (QED) is 0.793. The van der Waals surface area contributed by atoms with Crippen molar-refractivity contribution in [2.45, 2.75) is 32.7 Å². The smallest absolute Gasteiger partial charge is 0.255 e. The molecule has 1 aromatic rings. The van der Waals surface area contributed by atoms with Crippen LogP contribution < -0.4 is 15.4 Å².